The number of hydrogen-bond acceptors (Lipinski definition) is 5. The van der Waals surface area contributed by atoms with Crippen molar-refractivity contribution in [2.75, 3.05) is 32.6 Å². The molecule has 0 aliphatic rings. The maximum atomic E-state index is 11.7. The van der Waals surface area contributed by atoms with Gasteiger partial charge >= 0.3 is 0 Å². The Labute approximate surface area is 182 Å². The number of ether oxygens (including phenoxy) is 1. The number of aryl methyl sites for hydroxylation is 1. The zero-order valence-corrected chi connectivity index (χ0v) is 18.7. The molecule has 8 heteroatoms. The molecule has 0 aliphatic carbocycles. The molecular formula is C22H27ClN2O4S. The predicted molar refractivity (Wildman–Crippen MR) is 121 cm³/mol. The van der Waals surface area contributed by atoms with Crippen LogP contribution in [0, 0.1) is 6.92 Å². The van der Waals surface area contributed by atoms with Crippen LogP contribution in [0.15, 0.2) is 36.4 Å². The maximum absolute atomic E-state index is 11.7. The Kier molecular flexibility index (Phi) is 7.41. The van der Waals surface area contributed by atoms with Crippen LogP contribution in [0.25, 0.3) is 10.9 Å². The normalized spacial score (nSPS) is 11.9. The van der Waals surface area contributed by atoms with Crippen LogP contribution in [-0.2, 0) is 22.0 Å². The van der Waals surface area contributed by atoms with Crippen LogP contribution in [0.4, 0.5) is 0 Å². The van der Waals surface area contributed by atoms with Crippen LogP contribution >= 0.6 is 11.6 Å². The molecule has 0 spiro atoms. The lowest BCUT2D eigenvalue weighted by atomic mass is 10.0. The summed E-state index contributed by atoms with van der Waals surface area (Å²) in [5, 5.41) is 13.4. The molecule has 0 unspecified atom stereocenters. The molecular weight excluding hydrogens is 424 g/mol. The fraction of sp³-hybridized carbons (Fsp3) is 0.364. The molecule has 0 amide bonds. The average Bonchev–Trinajstić information content (AvgIpc) is 2.98. The van der Waals surface area contributed by atoms with Crippen molar-refractivity contribution >= 4 is 32.3 Å². The smallest absolute Gasteiger partial charge is 0.151 e. The Balaban J connectivity index is 1.78. The van der Waals surface area contributed by atoms with E-state index in [1.807, 2.05) is 37.3 Å². The summed E-state index contributed by atoms with van der Waals surface area (Å²) < 4.78 is 29.1. The molecule has 1 heterocycles. The molecule has 0 fully saturated rings. The molecule has 2 aromatic carbocycles. The fourth-order valence-corrected chi connectivity index (χ4v) is 4.53. The molecule has 3 N–H and O–H groups in total. The van der Waals surface area contributed by atoms with E-state index in [1.165, 1.54) is 6.26 Å². The number of sulfone groups is 1. The molecule has 162 valence electrons. The number of fused-ring (bicyclic) bond motifs is 1. The van der Waals surface area contributed by atoms with E-state index < -0.39 is 9.84 Å². The van der Waals surface area contributed by atoms with E-state index in [2.05, 4.69) is 10.3 Å². The first-order valence-corrected chi connectivity index (χ1v) is 12.2. The van der Waals surface area contributed by atoms with Crippen LogP contribution < -0.4 is 10.1 Å². The molecule has 6 nitrogen and oxygen atoms in total. The Morgan fingerprint density at radius 2 is 1.97 bits per heavy atom. The second-order valence-electron chi connectivity index (χ2n) is 7.43. The minimum Gasteiger partial charge on any atom is -0.492 e. The van der Waals surface area contributed by atoms with Gasteiger partial charge in [-0.1, -0.05) is 23.7 Å². The molecule has 1 aromatic heterocycles. The first-order valence-electron chi connectivity index (χ1n) is 9.77. The second-order valence-corrected chi connectivity index (χ2v) is 9.98. The van der Waals surface area contributed by atoms with Gasteiger partial charge in [-0.25, -0.2) is 8.42 Å². The molecule has 3 aromatic rings. The molecule has 0 saturated heterocycles. The van der Waals surface area contributed by atoms with Crippen molar-refractivity contribution in [3.05, 3.63) is 63.8 Å². The molecule has 0 bridgehead atoms. The van der Waals surface area contributed by atoms with E-state index in [1.54, 1.807) is 6.07 Å². The third-order valence-corrected chi connectivity index (χ3v) is 6.04. The monoisotopic (exact) mass is 450 g/mol. The third kappa shape index (κ3) is 5.98. The summed E-state index contributed by atoms with van der Waals surface area (Å²) in [6.07, 6.45) is 1.88. The first-order chi connectivity index (χ1) is 14.3. The zero-order valence-electron chi connectivity index (χ0n) is 17.2. The van der Waals surface area contributed by atoms with Crippen molar-refractivity contribution in [1.29, 1.82) is 0 Å². The highest BCUT2D eigenvalue weighted by molar-refractivity contribution is 7.89. The summed E-state index contributed by atoms with van der Waals surface area (Å²) in [6, 6.07) is 11.5. The number of halogens is 1. The van der Waals surface area contributed by atoms with Gasteiger partial charge in [-0.2, -0.15) is 0 Å². The van der Waals surface area contributed by atoms with Gasteiger partial charge < -0.3 is 20.1 Å². The summed E-state index contributed by atoms with van der Waals surface area (Å²) >= 11 is 6.20. The number of H-pyrrole nitrogens is 1. The largest absolute Gasteiger partial charge is 0.492 e. The van der Waals surface area contributed by atoms with Crippen LogP contribution in [0.5, 0.6) is 5.75 Å². The van der Waals surface area contributed by atoms with Gasteiger partial charge in [-0.3, -0.25) is 0 Å². The Morgan fingerprint density at radius 3 is 2.70 bits per heavy atom. The lowest BCUT2D eigenvalue weighted by Gasteiger charge is -2.09. The highest BCUT2D eigenvalue weighted by Crippen LogP contribution is 2.29. The summed E-state index contributed by atoms with van der Waals surface area (Å²) in [5.74, 6) is 0.712. The maximum Gasteiger partial charge on any atom is 0.151 e. The van der Waals surface area contributed by atoms with E-state index in [0.717, 1.165) is 33.5 Å². The topological polar surface area (TPSA) is 91.4 Å². The summed E-state index contributed by atoms with van der Waals surface area (Å²) in [6.45, 7) is 3.88. The van der Waals surface area contributed by atoms with E-state index in [9.17, 15) is 8.42 Å². The molecule has 0 saturated carbocycles. The summed E-state index contributed by atoms with van der Waals surface area (Å²) in [5.41, 5.74) is 4.85. The van der Waals surface area contributed by atoms with Gasteiger partial charge in [0.1, 0.15) is 12.4 Å². The van der Waals surface area contributed by atoms with Gasteiger partial charge in [0.15, 0.2) is 9.84 Å². The number of benzene rings is 2. The number of nitrogens with one attached hydrogen (secondary N) is 2. The summed E-state index contributed by atoms with van der Waals surface area (Å²) in [7, 11) is -3.16. The minimum atomic E-state index is -3.16. The zero-order chi connectivity index (χ0) is 21.7. The Morgan fingerprint density at radius 1 is 1.17 bits per heavy atom. The van der Waals surface area contributed by atoms with Crippen LogP contribution in [0.2, 0.25) is 5.02 Å². The number of aromatic nitrogens is 1. The van der Waals surface area contributed by atoms with Crippen molar-refractivity contribution < 1.29 is 18.3 Å². The lowest BCUT2D eigenvalue weighted by molar-refractivity contribution is 0.276. The van der Waals surface area contributed by atoms with Crippen molar-refractivity contribution in [3.63, 3.8) is 0 Å². The van der Waals surface area contributed by atoms with E-state index >= 15 is 0 Å². The van der Waals surface area contributed by atoms with Gasteiger partial charge in [-0.15, -0.1) is 0 Å². The van der Waals surface area contributed by atoms with E-state index in [0.29, 0.717) is 36.7 Å². The molecule has 30 heavy (non-hydrogen) atoms. The van der Waals surface area contributed by atoms with Gasteiger partial charge in [0.2, 0.25) is 0 Å². The molecule has 0 atom stereocenters. The van der Waals surface area contributed by atoms with Gasteiger partial charge in [0, 0.05) is 47.0 Å². The lowest BCUT2D eigenvalue weighted by Crippen LogP contribution is -2.23. The number of hydrogen-bond donors (Lipinski definition) is 3. The first kappa shape index (κ1) is 22.6. The van der Waals surface area contributed by atoms with Crippen molar-refractivity contribution in [2.45, 2.75) is 19.1 Å². The van der Waals surface area contributed by atoms with E-state index in [-0.39, 0.29) is 12.4 Å². The third-order valence-electron chi connectivity index (χ3n) is 4.84. The quantitative estimate of drug-likeness (QED) is 0.412. The number of aliphatic hydroxyl groups excluding tert-OH is 1. The van der Waals surface area contributed by atoms with Crippen molar-refractivity contribution in [1.82, 2.24) is 10.3 Å². The SMILES string of the molecule is Cc1[nH]c2cc(OCCNCCO)ccc2c1Cc1ccc(Cl)c(CS(C)(=O)=O)c1. The second kappa shape index (κ2) is 9.83. The predicted octanol–water partition coefficient (Wildman–Crippen LogP) is 3.23. The average molecular weight is 451 g/mol. The fourth-order valence-electron chi connectivity index (χ4n) is 3.47. The molecule has 0 radical (unpaired) electrons. The van der Waals surface area contributed by atoms with Crippen LogP contribution in [-0.4, -0.2) is 51.1 Å². The van der Waals surface area contributed by atoms with Crippen LogP contribution in [0.3, 0.4) is 0 Å². The Bertz CT molecular complexity index is 1130. The van der Waals surface area contributed by atoms with E-state index in [4.69, 9.17) is 21.4 Å². The number of rotatable bonds is 10. The van der Waals surface area contributed by atoms with Gasteiger partial charge in [0.05, 0.1) is 12.4 Å². The van der Waals surface area contributed by atoms with Crippen molar-refractivity contribution in [3.8, 4) is 5.75 Å². The van der Waals surface area contributed by atoms with Gasteiger partial charge in [-0.05, 0) is 48.2 Å². The van der Waals surface area contributed by atoms with Crippen LogP contribution in [0.1, 0.15) is 22.4 Å². The minimum absolute atomic E-state index is 0.0690. The number of aromatic amines is 1. The Hall–Kier alpha value is -2.06. The van der Waals surface area contributed by atoms with Crippen molar-refractivity contribution in [2.24, 2.45) is 0 Å². The summed E-state index contributed by atoms with van der Waals surface area (Å²) in [4.78, 5) is 3.41. The highest BCUT2D eigenvalue weighted by atomic mass is 35.5. The standard InChI is InChI=1S/C22H27ClN2O4S/c1-15-20(12-16-3-6-21(23)17(11-16)14-30(2,27)28)19-5-4-18(13-22(19)25-15)29-10-8-24-7-9-26/h3-6,11,13,24-26H,7-10,12,14H2,1-2H3. The van der Waals surface area contributed by atoms with Gasteiger partial charge in [0.25, 0.3) is 0 Å². The molecule has 3 rings (SSSR count). The number of aliphatic hydroxyl groups is 1. The highest BCUT2D eigenvalue weighted by Gasteiger charge is 2.13. The molecule has 0 aliphatic heterocycles.